The fraction of sp³-hybridized carbons (Fsp3) is 0.105. The lowest BCUT2D eigenvalue weighted by Crippen LogP contribution is -1.91. The number of ether oxygens (including phenoxy) is 2. The minimum atomic E-state index is -0.263. The minimum Gasteiger partial charge on any atom is -0.495 e. The third kappa shape index (κ3) is 5.18. The highest BCUT2D eigenvalue weighted by molar-refractivity contribution is 6.36. The van der Waals surface area contributed by atoms with Crippen molar-refractivity contribution in [3.05, 3.63) is 67.6 Å². The zero-order valence-electron chi connectivity index (χ0n) is 13.9. The van der Waals surface area contributed by atoms with Gasteiger partial charge in [-0.05, 0) is 48.6 Å². The Bertz CT molecular complexity index is 817. The third-order valence-corrected chi connectivity index (χ3v) is 4.33. The summed E-state index contributed by atoms with van der Waals surface area (Å²) in [5.74, 6) is 0.612. The van der Waals surface area contributed by atoms with Crippen LogP contribution in [-0.4, -0.2) is 20.0 Å². The van der Waals surface area contributed by atoms with E-state index in [1.807, 2.05) is 0 Å². The molecule has 7 heteroatoms. The lowest BCUT2D eigenvalue weighted by Gasteiger charge is -2.08. The Morgan fingerprint density at radius 3 is 1.50 bits per heavy atom. The lowest BCUT2D eigenvalue weighted by atomic mass is 10.1. The van der Waals surface area contributed by atoms with E-state index < -0.39 is 0 Å². The number of methoxy groups -OCH3 is 2. The Balaban J connectivity index is 2.25. The van der Waals surface area contributed by atoms with Crippen LogP contribution >= 0.6 is 46.4 Å². The van der Waals surface area contributed by atoms with Crippen LogP contribution in [0, 0.1) is 0 Å². The van der Waals surface area contributed by atoms with Crippen molar-refractivity contribution in [3.63, 3.8) is 0 Å². The van der Waals surface area contributed by atoms with Gasteiger partial charge in [-0.1, -0.05) is 46.4 Å². The molecule has 0 radical (unpaired) electrons. The maximum Gasteiger partial charge on any atom is 0.178 e. The Hall–Kier alpha value is -1.65. The Morgan fingerprint density at radius 1 is 0.769 bits per heavy atom. The molecule has 136 valence electrons. The monoisotopic (exact) mass is 430 g/mol. The summed E-state index contributed by atoms with van der Waals surface area (Å²) in [5.41, 5.74) is 1.19. The molecule has 0 bridgehead atoms. The van der Waals surface area contributed by atoms with Crippen LogP contribution in [0.2, 0.25) is 20.1 Å². The first-order chi connectivity index (χ1) is 12.3. The van der Waals surface area contributed by atoms with Gasteiger partial charge in [0.15, 0.2) is 5.78 Å². The quantitative estimate of drug-likeness (QED) is 0.482. The summed E-state index contributed by atoms with van der Waals surface area (Å²) in [4.78, 5) is 12.1. The van der Waals surface area contributed by atoms with Gasteiger partial charge in [0.2, 0.25) is 0 Å². The summed E-state index contributed by atoms with van der Waals surface area (Å²) in [5, 5.41) is 1.61. The molecule has 0 aliphatic rings. The first-order valence-corrected chi connectivity index (χ1v) is 8.83. The SMILES string of the molecule is COc1c(Cl)cc(Cl)cc1/C=C\C(=O)/C=C/c1cc(Cl)cc(Cl)c1OC. The topological polar surface area (TPSA) is 35.5 Å². The first-order valence-electron chi connectivity index (χ1n) is 7.32. The molecule has 2 rings (SSSR count). The smallest absolute Gasteiger partial charge is 0.178 e. The number of carbonyl (C=O) groups is 1. The molecule has 26 heavy (non-hydrogen) atoms. The Kier molecular flexibility index (Phi) is 7.42. The first kappa shape index (κ1) is 20.7. The molecule has 0 fully saturated rings. The summed E-state index contributed by atoms with van der Waals surface area (Å²) in [7, 11) is 2.98. The van der Waals surface area contributed by atoms with Crippen LogP contribution in [-0.2, 0) is 4.79 Å². The van der Waals surface area contributed by atoms with E-state index in [0.29, 0.717) is 42.7 Å². The number of rotatable bonds is 6. The zero-order chi connectivity index (χ0) is 19.3. The molecule has 0 unspecified atom stereocenters. The largest absolute Gasteiger partial charge is 0.495 e. The molecule has 0 atom stereocenters. The van der Waals surface area contributed by atoms with Crippen molar-refractivity contribution in [2.45, 2.75) is 0 Å². The summed E-state index contributed by atoms with van der Waals surface area (Å²) in [6.07, 6.45) is 5.90. The fourth-order valence-corrected chi connectivity index (χ4v) is 3.41. The van der Waals surface area contributed by atoms with Gasteiger partial charge in [0, 0.05) is 21.2 Å². The van der Waals surface area contributed by atoms with E-state index in [9.17, 15) is 4.79 Å². The van der Waals surface area contributed by atoms with E-state index in [4.69, 9.17) is 55.9 Å². The average Bonchev–Trinajstić information content (AvgIpc) is 2.57. The maximum absolute atomic E-state index is 12.1. The van der Waals surface area contributed by atoms with Crippen LogP contribution in [0.25, 0.3) is 12.2 Å². The summed E-state index contributed by atoms with van der Waals surface area (Å²) in [6.45, 7) is 0. The highest BCUT2D eigenvalue weighted by Gasteiger charge is 2.09. The van der Waals surface area contributed by atoms with Gasteiger partial charge in [0.1, 0.15) is 11.5 Å². The second-order valence-corrected chi connectivity index (χ2v) is 6.78. The van der Waals surface area contributed by atoms with Crippen LogP contribution in [0.1, 0.15) is 11.1 Å². The Labute approximate surface area is 171 Å². The number of halogens is 4. The lowest BCUT2D eigenvalue weighted by molar-refractivity contribution is -0.110. The second kappa shape index (κ2) is 9.33. The van der Waals surface area contributed by atoms with E-state index in [-0.39, 0.29) is 5.78 Å². The minimum absolute atomic E-state index is 0.263. The van der Waals surface area contributed by atoms with Crippen molar-refractivity contribution in [1.82, 2.24) is 0 Å². The van der Waals surface area contributed by atoms with Gasteiger partial charge in [0.25, 0.3) is 0 Å². The average molecular weight is 432 g/mol. The van der Waals surface area contributed by atoms with Crippen LogP contribution in [0.5, 0.6) is 11.5 Å². The van der Waals surface area contributed by atoms with Gasteiger partial charge in [0.05, 0.1) is 24.3 Å². The second-order valence-electron chi connectivity index (χ2n) is 5.09. The zero-order valence-corrected chi connectivity index (χ0v) is 16.9. The molecule has 0 saturated heterocycles. The molecule has 0 amide bonds. The number of benzene rings is 2. The van der Waals surface area contributed by atoms with Gasteiger partial charge in [-0.25, -0.2) is 0 Å². The van der Waals surface area contributed by atoms with E-state index in [0.717, 1.165) is 0 Å². The van der Waals surface area contributed by atoms with Crippen molar-refractivity contribution in [2.75, 3.05) is 14.2 Å². The number of hydrogen-bond acceptors (Lipinski definition) is 3. The fourth-order valence-electron chi connectivity index (χ4n) is 2.24. The molecule has 2 aromatic carbocycles. The molecular formula is C19H14Cl4O3. The summed E-state index contributed by atoms with van der Waals surface area (Å²) < 4.78 is 10.5. The van der Waals surface area contributed by atoms with Crippen molar-refractivity contribution < 1.29 is 14.3 Å². The van der Waals surface area contributed by atoms with Gasteiger partial charge in [-0.3, -0.25) is 4.79 Å². The number of ketones is 1. The molecule has 3 nitrogen and oxygen atoms in total. The summed E-state index contributed by atoms with van der Waals surface area (Å²) >= 11 is 24.1. The molecule has 2 aromatic rings. The summed E-state index contributed by atoms with van der Waals surface area (Å²) in [6, 6.07) is 6.44. The predicted octanol–water partition coefficient (Wildman–Crippen LogP) is 6.61. The molecule has 0 aliphatic heterocycles. The molecule has 0 heterocycles. The van der Waals surface area contributed by atoms with Crippen LogP contribution in [0.15, 0.2) is 36.4 Å². The van der Waals surface area contributed by atoms with E-state index >= 15 is 0 Å². The van der Waals surface area contributed by atoms with Crippen LogP contribution in [0.4, 0.5) is 0 Å². The molecule has 0 aromatic heterocycles. The predicted molar refractivity (Wildman–Crippen MR) is 109 cm³/mol. The van der Waals surface area contributed by atoms with Gasteiger partial charge >= 0.3 is 0 Å². The normalized spacial score (nSPS) is 11.3. The van der Waals surface area contributed by atoms with Crippen LogP contribution in [0.3, 0.4) is 0 Å². The van der Waals surface area contributed by atoms with Gasteiger partial charge < -0.3 is 9.47 Å². The number of carbonyl (C=O) groups excluding carboxylic acids is 1. The van der Waals surface area contributed by atoms with E-state index in [1.54, 1.807) is 36.4 Å². The highest BCUT2D eigenvalue weighted by Crippen LogP contribution is 2.34. The number of allylic oxidation sites excluding steroid dienone is 2. The molecule has 0 aliphatic carbocycles. The van der Waals surface area contributed by atoms with Crippen molar-refractivity contribution in [1.29, 1.82) is 0 Å². The van der Waals surface area contributed by atoms with Gasteiger partial charge in [-0.15, -0.1) is 0 Å². The van der Waals surface area contributed by atoms with Crippen LogP contribution < -0.4 is 9.47 Å². The standard InChI is InChI=1S/C19H14Cl4O3/c1-25-18-11(7-13(20)9-16(18)22)3-5-15(24)6-4-12-8-14(21)10-17(23)19(12)26-2/h3-10H,1-2H3/b5-3-,6-4+. The van der Waals surface area contributed by atoms with E-state index in [1.165, 1.54) is 26.4 Å². The highest BCUT2D eigenvalue weighted by atomic mass is 35.5. The van der Waals surface area contributed by atoms with Crippen molar-refractivity contribution >= 4 is 64.3 Å². The Morgan fingerprint density at radius 2 is 1.15 bits per heavy atom. The van der Waals surface area contributed by atoms with E-state index in [2.05, 4.69) is 0 Å². The molecule has 0 N–H and O–H groups in total. The maximum atomic E-state index is 12.1. The molecule has 0 saturated carbocycles. The van der Waals surface area contributed by atoms with Crippen molar-refractivity contribution in [2.24, 2.45) is 0 Å². The van der Waals surface area contributed by atoms with Crippen molar-refractivity contribution in [3.8, 4) is 11.5 Å². The van der Waals surface area contributed by atoms with Gasteiger partial charge in [-0.2, -0.15) is 0 Å². The molecular weight excluding hydrogens is 418 g/mol. The molecule has 0 spiro atoms. The third-order valence-electron chi connectivity index (χ3n) is 3.34. The number of hydrogen-bond donors (Lipinski definition) is 0.